The van der Waals surface area contributed by atoms with Crippen molar-refractivity contribution in [2.45, 2.75) is 63.9 Å². The van der Waals surface area contributed by atoms with Gasteiger partial charge in [-0.2, -0.15) is 0 Å². The molecule has 0 saturated heterocycles. The second-order valence-electron chi connectivity index (χ2n) is 7.56. The SMILES string of the molecule is Cc1c2c(cc3c4c(c(=O)oc13)CCC4)C=CC1(CCCCC1)O2. The van der Waals surface area contributed by atoms with Gasteiger partial charge in [0.05, 0.1) is 0 Å². The largest absolute Gasteiger partial charge is 0.482 e. The first-order chi connectivity index (χ1) is 11.7. The summed E-state index contributed by atoms with van der Waals surface area (Å²) in [6.45, 7) is 2.03. The van der Waals surface area contributed by atoms with Gasteiger partial charge < -0.3 is 9.15 Å². The lowest BCUT2D eigenvalue weighted by molar-refractivity contribution is 0.0745. The van der Waals surface area contributed by atoms with E-state index in [4.69, 9.17) is 9.15 Å². The van der Waals surface area contributed by atoms with Crippen LogP contribution in [0.5, 0.6) is 5.75 Å². The quantitative estimate of drug-likeness (QED) is 0.660. The summed E-state index contributed by atoms with van der Waals surface area (Å²) in [6, 6.07) is 2.16. The van der Waals surface area contributed by atoms with Crippen LogP contribution < -0.4 is 10.4 Å². The van der Waals surface area contributed by atoms with E-state index < -0.39 is 0 Å². The number of fused-ring (bicyclic) bond motifs is 4. The Morgan fingerprint density at radius 2 is 1.83 bits per heavy atom. The van der Waals surface area contributed by atoms with Crippen molar-refractivity contribution < 1.29 is 9.15 Å². The Labute approximate surface area is 141 Å². The number of hydrogen-bond donors (Lipinski definition) is 0. The molecule has 1 spiro atoms. The molecule has 3 nitrogen and oxygen atoms in total. The topological polar surface area (TPSA) is 39.4 Å². The smallest absolute Gasteiger partial charge is 0.339 e. The molecule has 0 amide bonds. The van der Waals surface area contributed by atoms with Gasteiger partial charge in [0.2, 0.25) is 0 Å². The van der Waals surface area contributed by atoms with E-state index in [9.17, 15) is 4.79 Å². The zero-order valence-corrected chi connectivity index (χ0v) is 14.1. The lowest BCUT2D eigenvalue weighted by Crippen LogP contribution is -2.37. The lowest BCUT2D eigenvalue weighted by atomic mass is 9.82. The van der Waals surface area contributed by atoms with Gasteiger partial charge in [-0.05, 0) is 69.6 Å². The number of ether oxygens (including phenoxy) is 1. The summed E-state index contributed by atoms with van der Waals surface area (Å²) in [5, 5.41) is 1.10. The Kier molecular flexibility index (Phi) is 2.97. The molecule has 3 aliphatic rings. The van der Waals surface area contributed by atoms with Crippen molar-refractivity contribution in [1.29, 1.82) is 0 Å². The van der Waals surface area contributed by atoms with Crippen LogP contribution in [-0.2, 0) is 12.8 Å². The maximum Gasteiger partial charge on any atom is 0.339 e. The Morgan fingerprint density at radius 3 is 2.67 bits per heavy atom. The molecule has 2 aliphatic carbocycles. The van der Waals surface area contributed by atoms with Crippen LogP contribution in [0.25, 0.3) is 17.0 Å². The Balaban J connectivity index is 1.73. The first-order valence-electron chi connectivity index (χ1n) is 9.17. The van der Waals surface area contributed by atoms with Gasteiger partial charge in [-0.1, -0.05) is 12.5 Å². The van der Waals surface area contributed by atoms with E-state index in [2.05, 4.69) is 18.2 Å². The summed E-state index contributed by atoms with van der Waals surface area (Å²) < 4.78 is 12.2. The molecule has 24 heavy (non-hydrogen) atoms. The van der Waals surface area contributed by atoms with Crippen molar-refractivity contribution in [2.75, 3.05) is 0 Å². The summed E-state index contributed by atoms with van der Waals surface area (Å²) in [6.07, 6.45) is 13.2. The highest BCUT2D eigenvalue weighted by Gasteiger charge is 2.35. The molecule has 1 saturated carbocycles. The lowest BCUT2D eigenvalue weighted by Gasteiger charge is -2.38. The van der Waals surface area contributed by atoms with Crippen molar-refractivity contribution in [3.8, 4) is 5.75 Å². The van der Waals surface area contributed by atoms with E-state index in [1.54, 1.807) is 0 Å². The molecule has 1 aromatic heterocycles. The van der Waals surface area contributed by atoms with Crippen LogP contribution in [0, 0.1) is 6.92 Å². The molecule has 0 bridgehead atoms. The highest BCUT2D eigenvalue weighted by molar-refractivity contribution is 5.90. The standard InChI is InChI=1S/C21H22O3/c1-13-18-14(8-11-21(24-18)9-3-2-4-10-21)12-17-15-6-5-7-16(15)20(22)23-19(13)17/h8,11-12H,2-7,9-10H2,1H3. The van der Waals surface area contributed by atoms with Crippen molar-refractivity contribution in [2.24, 2.45) is 0 Å². The van der Waals surface area contributed by atoms with Gasteiger partial charge in [-0.25, -0.2) is 4.79 Å². The Morgan fingerprint density at radius 1 is 1.04 bits per heavy atom. The van der Waals surface area contributed by atoms with Crippen LogP contribution in [0.15, 0.2) is 21.4 Å². The fourth-order valence-corrected chi connectivity index (χ4v) is 4.74. The zero-order chi connectivity index (χ0) is 16.3. The average Bonchev–Trinajstić information content (AvgIpc) is 3.09. The third-order valence-electron chi connectivity index (χ3n) is 6.04. The maximum absolute atomic E-state index is 12.3. The molecule has 0 unspecified atom stereocenters. The van der Waals surface area contributed by atoms with Gasteiger partial charge in [-0.3, -0.25) is 0 Å². The third-order valence-corrected chi connectivity index (χ3v) is 6.04. The van der Waals surface area contributed by atoms with E-state index in [0.717, 1.165) is 65.5 Å². The van der Waals surface area contributed by atoms with E-state index in [-0.39, 0.29) is 11.2 Å². The highest BCUT2D eigenvalue weighted by atomic mass is 16.5. The molecule has 124 valence electrons. The van der Waals surface area contributed by atoms with Crippen molar-refractivity contribution in [3.05, 3.63) is 44.8 Å². The van der Waals surface area contributed by atoms with Crippen molar-refractivity contribution in [1.82, 2.24) is 0 Å². The minimum Gasteiger partial charge on any atom is -0.482 e. The van der Waals surface area contributed by atoms with Gasteiger partial charge in [0, 0.05) is 22.1 Å². The first kappa shape index (κ1) is 14.3. The van der Waals surface area contributed by atoms with Crippen LogP contribution in [0.2, 0.25) is 0 Å². The third kappa shape index (κ3) is 1.93. The molecular weight excluding hydrogens is 300 g/mol. The molecule has 1 fully saturated rings. The summed E-state index contributed by atoms with van der Waals surface area (Å²) >= 11 is 0. The highest BCUT2D eigenvalue weighted by Crippen LogP contribution is 2.44. The van der Waals surface area contributed by atoms with Crippen LogP contribution in [0.3, 0.4) is 0 Å². The molecule has 1 aromatic carbocycles. The summed E-state index contributed by atoms with van der Waals surface area (Å²) in [5.74, 6) is 0.910. The second-order valence-corrected chi connectivity index (χ2v) is 7.56. The van der Waals surface area contributed by atoms with Crippen molar-refractivity contribution in [3.63, 3.8) is 0 Å². The van der Waals surface area contributed by atoms with Crippen LogP contribution in [-0.4, -0.2) is 5.60 Å². The van der Waals surface area contributed by atoms with E-state index in [1.807, 2.05) is 6.92 Å². The number of benzene rings is 1. The molecule has 0 radical (unpaired) electrons. The number of aryl methyl sites for hydroxylation is 2. The molecule has 3 heteroatoms. The zero-order valence-electron chi connectivity index (χ0n) is 14.1. The molecule has 2 aromatic rings. The number of hydrogen-bond acceptors (Lipinski definition) is 3. The fraction of sp³-hybridized carbons (Fsp3) is 0.476. The summed E-state index contributed by atoms with van der Waals surface area (Å²) in [7, 11) is 0. The van der Waals surface area contributed by atoms with E-state index in [1.165, 1.54) is 24.8 Å². The average molecular weight is 322 g/mol. The van der Waals surface area contributed by atoms with Crippen LogP contribution >= 0.6 is 0 Å². The molecule has 0 atom stereocenters. The predicted octanol–water partition coefficient (Wildman–Crippen LogP) is 4.70. The normalized spacial score (nSPS) is 20.9. The van der Waals surface area contributed by atoms with Gasteiger partial charge in [0.1, 0.15) is 16.9 Å². The second kappa shape index (κ2) is 4.98. The van der Waals surface area contributed by atoms with Gasteiger partial charge in [0.15, 0.2) is 0 Å². The molecule has 0 N–H and O–H groups in total. The molecule has 1 aliphatic heterocycles. The fourth-order valence-electron chi connectivity index (χ4n) is 4.74. The predicted molar refractivity (Wildman–Crippen MR) is 94.7 cm³/mol. The molecular formula is C21H22O3. The van der Waals surface area contributed by atoms with E-state index in [0.29, 0.717) is 0 Å². The first-order valence-corrected chi connectivity index (χ1v) is 9.17. The number of rotatable bonds is 0. The summed E-state index contributed by atoms with van der Waals surface area (Å²) in [5.41, 5.74) is 4.59. The minimum absolute atomic E-state index is 0.152. The van der Waals surface area contributed by atoms with Crippen molar-refractivity contribution >= 4 is 17.0 Å². The molecule has 5 rings (SSSR count). The van der Waals surface area contributed by atoms with Gasteiger partial charge in [0.25, 0.3) is 0 Å². The minimum atomic E-state index is -0.156. The Bertz CT molecular complexity index is 926. The Hall–Kier alpha value is -2.03. The van der Waals surface area contributed by atoms with Crippen LogP contribution in [0.4, 0.5) is 0 Å². The van der Waals surface area contributed by atoms with E-state index >= 15 is 0 Å². The monoisotopic (exact) mass is 322 g/mol. The summed E-state index contributed by atoms with van der Waals surface area (Å²) in [4.78, 5) is 12.3. The van der Waals surface area contributed by atoms with Crippen LogP contribution in [0.1, 0.15) is 60.8 Å². The molecule has 2 heterocycles. The van der Waals surface area contributed by atoms with Gasteiger partial charge >= 0.3 is 5.63 Å². The maximum atomic E-state index is 12.3. The van der Waals surface area contributed by atoms with Gasteiger partial charge in [-0.15, -0.1) is 0 Å².